The number of ketones is 1. The van der Waals surface area contributed by atoms with Crippen LogP contribution in [0.5, 0.6) is 11.5 Å². The highest BCUT2D eigenvalue weighted by Gasteiger charge is 2.36. The summed E-state index contributed by atoms with van der Waals surface area (Å²) in [5.74, 6) is 1.30. The van der Waals surface area contributed by atoms with Crippen molar-refractivity contribution in [3.63, 3.8) is 0 Å². The van der Waals surface area contributed by atoms with Gasteiger partial charge >= 0.3 is 0 Å². The summed E-state index contributed by atoms with van der Waals surface area (Å²) in [6, 6.07) is 6.62. The zero-order valence-corrected chi connectivity index (χ0v) is 16.4. The molecule has 2 atom stereocenters. The molecule has 0 aliphatic carbocycles. The quantitative estimate of drug-likeness (QED) is 0.777. The highest BCUT2D eigenvalue weighted by molar-refractivity contribution is 5.98. The number of carbonyl (C=O) groups is 2. The number of nitrogens with zero attached hydrogens (tertiary/aromatic N) is 1. The molecule has 0 spiro atoms. The zero-order valence-electron chi connectivity index (χ0n) is 15.6. The number of benzene rings is 1. The average Bonchev–Trinajstić information content (AvgIpc) is 3.02. The molecule has 6 nitrogen and oxygen atoms in total. The molecule has 1 aromatic carbocycles. The van der Waals surface area contributed by atoms with Crippen molar-refractivity contribution in [1.29, 1.82) is 0 Å². The fourth-order valence-electron chi connectivity index (χ4n) is 4.31. The summed E-state index contributed by atoms with van der Waals surface area (Å²) in [6.45, 7) is 1.02. The Bertz CT molecular complexity index is 699. The van der Waals surface area contributed by atoms with Gasteiger partial charge in [-0.25, -0.2) is 0 Å². The second-order valence-electron chi connectivity index (χ2n) is 7.55. The predicted molar refractivity (Wildman–Crippen MR) is 104 cm³/mol. The zero-order chi connectivity index (χ0) is 18.1. The number of amides is 1. The van der Waals surface area contributed by atoms with Gasteiger partial charge in [-0.1, -0.05) is 0 Å². The maximum atomic E-state index is 12.6. The van der Waals surface area contributed by atoms with Crippen molar-refractivity contribution in [2.75, 3.05) is 20.3 Å². The Morgan fingerprint density at radius 2 is 1.74 bits per heavy atom. The number of Topliss-reactive ketones (excluding diaryl/α,β-unsaturated/α-hetero) is 1. The van der Waals surface area contributed by atoms with Gasteiger partial charge in [0.1, 0.15) is 13.2 Å². The van der Waals surface area contributed by atoms with E-state index in [9.17, 15) is 9.59 Å². The van der Waals surface area contributed by atoms with E-state index >= 15 is 0 Å². The van der Waals surface area contributed by atoms with Crippen LogP contribution < -0.4 is 14.8 Å². The second kappa shape index (κ2) is 8.48. The van der Waals surface area contributed by atoms with Crippen molar-refractivity contribution in [2.24, 2.45) is 0 Å². The Labute approximate surface area is 166 Å². The third-order valence-electron chi connectivity index (χ3n) is 5.82. The van der Waals surface area contributed by atoms with Gasteiger partial charge < -0.3 is 19.7 Å². The molecule has 1 N–H and O–H groups in total. The molecule has 3 aliphatic heterocycles. The normalized spacial score (nSPS) is 25.4. The summed E-state index contributed by atoms with van der Waals surface area (Å²) in [5.41, 5.74) is 0.574. The monoisotopic (exact) mass is 394 g/mol. The van der Waals surface area contributed by atoms with E-state index in [1.807, 2.05) is 11.9 Å². The molecule has 2 saturated heterocycles. The smallest absolute Gasteiger partial charge is 0.223 e. The molecule has 0 aromatic heterocycles. The van der Waals surface area contributed by atoms with Gasteiger partial charge in [-0.2, -0.15) is 0 Å². The number of carbonyl (C=O) groups excluding carboxylic acids is 2. The van der Waals surface area contributed by atoms with Crippen molar-refractivity contribution < 1.29 is 19.1 Å². The fraction of sp³-hybridized carbons (Fsp3) is 0.600. The number of piperidine rings is 1. The van der Waals surface area contributed by atoms with Gasteiger partial charge in [-0.3, -0.25) is 9.59 Å². The minimum atomic E-state index is -0.0332. The first kappa shape index (κ1) is 20.0. The first-order valence-corrected chi connectivity index (χ1v) is 9.54. The molecule has 3 heterocycles. The van der Waals surface area contributed by atoms with E-state index in [1.165, 1.54) is 12.8 Å². The molecule has 2 fully saturated rings. The molecule has 2 bridgehead atoms. The van der Waals surface area contributed by atoms with E-state index in [-0.39, 0.29) is 36.9 Å². The Balaban J connectivity index is 0.00000210. The van der Waals surface area contributed by atoms with E-state index in [4.69, 9.17) is 9.47 Å². The van der Waals surface area contributed by atoms with Crippen molar-refractivity contribution >= 4 is 24.1 Å². The van der Waals surface area contributed by atoms with Crippen LogP contribution in [-0.2, 0) is 4.79 Å². The summed E-state index contributed by atoms with van der Waals surface area (Å²) in [6.07, 6.45) is 4.95. The topological polar surface area (TPSA) is 67.9 Å². The van der Waals surface area contributed by atoms with Gasteiger partial charge in [0.2, 0.25) is 5.91 Å². The molecule has 1 aromatic rings. The minimum absolute atomic E-state index is 0. The Morgan fingerprint density at radius 3 is 2.44 bits per heavy atom. The maximum Gasteiger partial charge on any atom is 0.223 e. The minimum Gasteiger partial charge on any atom is -0.486 e. The summed E-state index contributed by atoms with van der Waals surface area (Å²) in [7, 11) is 1.88. The first-order valence-electron chi connectivity index (χ1n) is 9.54. The van der Waals surface area contributed by atoms with Crippen LogP contribution in [0.1, 0.15) is 48.9 Å². The molecule has 148 valence electrons. The summed E-state index contributed by atoms with van der Waals surface area (Å²) < 4.78 is 11.0. The molecule has 27 heavy (non-hydrogen) atoms. The van der Waals surface area contributed by atoms with Crippen molar-refractivity contribution in [3.8, 4) is 11.5 Å². The molecule has 3 aliphatic rings. The Hall–Kier alpha value is -1.79. The number of hydrogen-bond acceptors (Lipinski definition) is 5. The van der Waals surface area contributed by atoms with Crippen molar-refractivity contribution in [3.05, 3.63) is 23.8 Å². The highest BCUT2D eigenvalue weighted by Crippen LogP contribution is 2.32. The molecular weight excluding hydrogens is 368 g/mol. The van der Waals surface area contributed by atoms with Crippen LogP contribution in [0.4, 0.5) is 0 Å². The van der Waals surface area contributed by atoms with Crippen LogP contribution in [0.15, 0.2) is 18.2 Å². The number of nitrogens with one attached hydrogen (secondary N) is 1. The largest absolute Gasteiger partial charge is 0.486 e. The highest BCUT2D eigenvalue weighted by atomic mass is 35.5. The Morgan fingerprint density at radius 1 is 1.07 bits per heavy atom. The summed E-state index contributed by atoms with van der Waals surface area (Å²) in [5, 5.41) is 3.60. The summed E-state index contributed by atoms with van der Waals surface area (Å²) in [4.78, 5) is 26.9. The van der Waals surface area contributed by atoms with Gasteiger partial charge in [-0.05, 0) is 43.9 Å². The van der Waals surface area contributed by atoms with Crippen LogP contribution in [0.3, 0.4) is 0 Å². The molecule has 0 saturated carbocycles. The van der Waals surface area contributed by atoms with Crippen LogP contribution in [0.25, 0.3) is 0 Å². The molecule has 4 rings (SSSR count). The van der Waals surface area contributed by atoms with Gasteiger partial charge in [0.05, 0.1) is 0 Å². The van der Waals surface area contributed by atoms with E-state index < -0.39 is 0 Å². The standard InChI is InChI=1S/C20H26N2O4.ClH/c1-22(16-11-14-3-4-15(12-16)21-14)20(24)7-5-17(23)13-2-6-18-19(10-13)26-9-8-25-18;/h2,6,10,14-16,21H,3-5,7-9,11-12H2,1H3;1H. The van der Waals surface area contributed by atoms with Gasteiger partial charge in [-0.15, -0.1) is 12.4 Å². The van der Waals surface area contributed by atoms with Crippen molar-refractivity contribution in [1.82, 2.24) is 10.2 Å². The average molecular weight is 395 g/mol. The lowest BCUT2D eigenvalue weighted by Crippen LogP contribution is -2.48. The third kappa shape index (κ3) is 4.38. The first-order chi connectivity index (χ1) is 12.6. The predicted octanol–water partition coefficient (Wildman–Crippen LogP) is 2.58. The van der Waals surface area contributed by atoms with Gasteiger partial charge in [0, 0.05) is 43.6 Å². The molecule has 7 heteroatoms. The lowest BCUT2D eigenvalue weighted by molar-refractivity contribution is -0.132. The van der Waals surface area contributed by atoms with Crippen LogP contribution in [0, 0.1) is 0 Å². The van der Waals surface area contributed by atoms with E-state index in [2.05, 4.69) is 5.32 Å². The lowest BCUT2D eigenvalue weighted by Gasteiger charge is -2.35. The van der Waals surface area contributed by atoms with Crippen molar-refractivity contribution in [2.45, 2.75) is 56.7 Å². The molecular formula is C20H27ClN2O4. The van der Waals surface area contributed by atoms with E-state index in [0.717, 1.165) is 12.8 Å². The number of hydrogen-bond donors (Lipinski definition) is 1. The number of fused-ring (bicyclic) bond motifs is 3. The molecule has 1 amide bonds. The van der Waals surface area contributed by atoms with Gasteiger partial charge in [0.25, 0.3) is 0 Å². The maximum absolute atomic E-state index is 12.6. The van der Waals surface area contributed by atoms with E-state index in [0.29, 0.717) is 48.4 Å². The molecule has 2 unspecified atom stereocenters. The summed E-state index contributed by atoms with van der Waals surface area (Å²) >= 11 is 0. The number of halogens is 1. The lowest BCUT2D eigenvalue weighted by atomic mass is 9.98. The number of ether oxygens (including phenoxy) is 2. The van der Waals surface area contributed by atoms with Crippen LogP contribution >= 0.6 is 12.4 Å². The number of rotatable bonds is 5. The molecule has 0 radical (unpaired) electrons. The fourth-order valence-corrected chi connectivity index (χ4v) is 4.31. The van der Waals surface area contributed by atoms with E-state index in [1.54, 1.807) is 18.2 Å². The third-order valence-corrected chi connectivity index (χ3v) is 5.82. The van der Waals surface area contributed by atoms with Gasteiger partial charge in [0.15, 0.2) is 17.3 Å². The van der Waals surface area contributed by atoms with Crippen LogP contribution in [0.2, 0.25) is 0 Å². The Kier molecular flexibility index (Phi) is 6.27. The second-order valence-corrected chi connectivity index (χ2v) is 7.55. The SMILES string of the molecule is CN(C(=O)CCC(=O)c1ccc2c(c1)OCCO2)C1CC2CCC(C1)N2.Cl. The van der Waals surface area contributed by atoms with Crippen LogP contribution in [-0.4, -0.2) is 55.0 Å².